The molecule has 0 aromatic carbocycles. The Morgan fingerprint density at radius 3 is 2.93 bits per heavy atom. The summed E-state index contributed by atoms with van der Waals surface area (Å²) in [7, 11) is 0. The zero-order chi connectivity index (χ0) is 10.8. The van der Waals surface area contributed by atoms with E-state index in [0.29, 0.717) is 6.54 Å². The van der Waals surface area contributed by atoms with Crippen LogP contribution in [0.3, 0.4) is 0 Å². The molecule has 0 bridgehead atoms. The highest BCUT2D eigenvalue weighted by Crippen LogP contribution is 2.06. The van der Waals surface area contributed by atoms with Gasteiger partial charge in [-0.3, -0.25) is 14.3 Å². The number of thiophene rings is 1. The summed E-state index contributed by atoms with van der Waals surface area (Å²) in [6.45, 7) is 0.420. The molecule has 6 heteroatoms. The van der Waals surface area contributed by atoms with Crippen molar-refractivity contribution in [2.45, 2.75) is 6.54 Å². The number of aromatic amines is 1. The summed E-state index contributed by atoms with van der Waals surface area (Å²) >= 11 is 1.55. The van der Waals surface area contributed by atoms with E-state index in [-0.39, 0.29) is 5.69 Å². The Bertz CT molecular complexity index is 568. The number of hydrogen-bond acceptors (Lipinski definition) is 4. The average molecular weight is 223 g/mol. The summed E-state index contributed by atoms with van der Waals surface area (Å²) in [6, 6.07) is 1.92. The SMILES string of the molecule is Nc1cn(Cc2ccsc2)c(=O)[nH]c1=O. The molecule has 5 nitrogen and oxygen atoms in total. The number of H-pyrrole nitrogens is 1. The number of hydrogen-bond donors (Lipinski definition) is 2. The number of nitrogens with zero attached hydrogens (tertiary/aromatic N) is 1. The second-order valence-corrected chi connectivity index (χ2v) is 3.88. The zero-order valence-electron chi connectivity index (χ0n) is 7.77. The molecule has 0 atom stereocenters. The maximum Gasteiger partial charge on any atom is 0.328 e. The molecule has 0 amide bonds. The molecule has 2 aromatic heterocycles. The maximum atomic E-state index is 11.4. The van der Waals surface area contributed by atoms with E-state index in [1.807, 2.05) is 16.8 Å². The molecular weight excluding hydrogens is 214 g/mol. The minimum absolute atomic E-state index is 0.0461. The van der Waals surface area contributed by atoms with Crippen LogP contribution in [0.25, 0.3) is 0 Å². The third-order valence-electron chi connectivity index (χ3n) is 1.97. The van der Waals surface area contributed by atoms with Crippen molar-refractivity contribution in [3.63, 3.8) is 0 Å². The van der Waals surface area contributed by atoms with Crippen LogP contribution in [-0.4, -0.2) is 9.55 Å². The standard InChI is InChI=1S/C9H9N3O2S/c10-7-4-12(9(14)11-8(7)13)3-6-1-2-15-5-6/h1-2,4-5H,3,10H2,(H,11,13,14). The van der Waals surface area contributed by atoms with Crippen LogP contribution in [0, 0.1) is 0 Å². The maximum absolute atomic E-state index is 11.4. The van der Waals surface area contributed by atoms with Crippen molar-refractivity contribution in [1.29, 1.82) is 0 Å². The lowest BCUT2D eigenvalue weighted by atomic mass is 10.3. The first kappa shape index (κ1) is 9.72. The molecule has 2 rings (SSSR count). The summed E-state index contributed by atoms with van der Waals surface area (Å²) in [5.74, 6) is 0. The van der Waals surface area contributed by atoms with Crippen LogP contribution in [0.4, 0.5) is 5.69 Å². The summed E-state index contributed by atoms with van der Waals surface area (Å²) in [5.41, 5.74) is 5.49. The fraction of sp³-hybridized carbons (Fsp3) is 0.111. The molecule has 15 heavy (non-hydrogen) atoms. The molecule has 78 valence electrons. The van der Waals surface area contributed by atoms with Crippen LogP contribution in [0.5, 0.6) is 0 Å². The van der Waals surface area contributed by atoms with Crippen molar-refractivity contribution in [3.8, 4) is 0 Å². The number of nitrogen functional groups attached to an aromatic ring is 1. The van der Waals surface area contributed by atoms with E-state index in [9.17, 15) is 9.59 Å². The van der Waals surface area contributed by atoms with E-state index in [2.05, 4.69) is 4.98 Å². The number of nitrogens with two attached hydrogens (primary N) is 1. The van der Waals surface area contributed by atoms with Crippen LogP contribution in [0.15, 0.2) is 32.6 Å². The van der Waals surface area contributed by atoms with Gasteiger partial charge in [0, 0.05) is 6.20 Å². The minimum Gasteiger partial charge on any atom is -0.393 e. The third kappa shape index (κ3) is 1.99. The van der Waals surface area contributed by atoms with E-state index in [0.717, 1.165) is 5.56 Å². The van der Waals surface area contributed by atoms with E-state index < -0.39 is 11.2 Å². The van der Waals surface area contributed by atoms with Crippen LogP contribution < -0.4 is 17.0 Å². The molecule has 2 heterocycles. The fourth-order valence-corrected chi connectivity index (χ4v) is 1.88. The zero-order valence-corrected chi connectivity index (χ0v) is 8.58. The lowest BCUT2D eigenvalue weighted by molar-refractivity contribution is 0.725. The van der Waals surface area contributed by atoms with Gasteiger partial charge in [-0.2, -0.15) is 11.3 Å². The van der Waals surface area contributed by atoms with Gasteiger partial charge >= 0.3 is 5.69 Å². The Balaban J connectivity index is 2.42. The van der Waals surface area contributed by atoms with Crippen molar-refractivity contribution < 1.29 is 0 Å². The van der Waals surface area contributed by atoms with Gasteiger partial charge < -0.3 is 5.73 Å². The Labute approximate surface area is 88.8 Å². The largest absolute Gasteiger partial charge is 0.393 e. The lowest BCUT2D eigenvalue weighted by Crippen LogP contribution is -2.31. The molecule has 3 N–H and O–H groups in total. The predicted molar refractivity (Wildman–Crippen MR) is 59.2 cm³/mol. The molecule has 0 saturated heterocycles. The Morgan fingerprint density at radius 2 is 2.27 bits per heavy atom. The number of aromatic nitrogens is 2. The molecule has 0 fully saturated rings. The van der Waals surface area contributed by atoms with Crippen molar-refractivity contribution in [3.05, 3.63) is 49.4 Å². The molecule has 0 aliphatic heterocycles. The summed E-state index contributed by atoms with van der Waals surface area (Å²) < 4.78 is 1.37. The highest BCUT2D eigenvalue weighted by atomic mass is 32.1. The van der Waals surface area contributed by atoms with Crippen LogP contribution in [0.2, 0.25) is 0 Å². The molecule has 0 radical (unpaired) electrons. The third-order valence-corrected chi connectivity index (χ3v) is 2.70. The summed E-state index contributed by atoms with van der Waals surface area (Å²) in [4.78, 5) is 24.5. The van der Waals surface area contributed by atoms with Gasteiger partial charge in [-0.1, -0.05) is 0 Å². The van der Waals surface area contributed by atoms with Gasteiger partial charge in [0.25, 0.3) is 5.56 Å². The van der Waals surface area contributed by atoms with Crippen molar-refractivity contribution >= 4 is 17.0 Å². The quantitative estimate of drug-likeness (QED) is 0.764. The van der Waals surface area contributed by atoms with Crippen LogP contribution in [0.1, 0.15) is 5.56 Å². The van der Waals surface area contributed by atoms with Gasteiger partial charge in [-0.25, -0.2) is 4.79 Å². The molecule has 0 aliphatic rings. The molecule has 0 aliphatic carbocycles. The van der Waals surface area contributed by atoms with Gasteiger partial charge in [0.1, 0.15) is 5.69 Å². The monoisotopic (exact) mass is 223 g/mol. The normalized spacial score (nSPS) is 10.4. The molecule has 0 saturated carbocycles. The Kier molecular flexibility index (Phi) is 2.42. The highest BCUT2D eigenvalue weighted by molar-refractivity contribution is 7.07. The molecule has 0 spiro atoms. The Morgan fingerprint density at radius 1 is 1.47 bits per heavy atom. The van der Waals surface area contributed by atoms with E-state index in [1.165, 1.54) is 10.8 Å². The second-order valence-electron chi connectivity index (χ2n) is 3.10. The number of anilines is 1. The highest BCUT2D eigenvalue weighted by Gasteiger charge is 2.02. The number of rotatable bonds is 2. The van der Waals surface area contributed by atoms with Crippen LogP contribution in [-0.2, 0) is 6.54 Å². The smallest absolute Gasteiger partial charge is 0.328 e. The lowest BCUT2D eigenvalue weighted by Gasteiger charge is -2.03. The van der Waals surface area contributed by atoms with E-state index in [4.69, 9.17) is 5.73 Å². The van der Waals surface area contributed by atoms with Gasteiger partial charge in [-0.15, -0.1) is 0 Å². The predicted octanol–water partition coefficient (Wildman–Crippen LogP) is 0.229. The van der Waals surface area contributed by atoms with Crippen molar-refractivity contribution in [2.75, 3.05) is 5.73 Å². The van der Waals surface area contributed by atoms with Crippen molar-refractivity contribution in [2.24, 2.45) is 0 Å². The first-order valence-electron chi connectivity index (χ1n) is 4.27. The van der Waals surface area contributed by atoms with Crippen LogP contribution >= 0.6 is 11.3 Å². The first-order valence-corrected chi connectivity index (χ1v) is 5.21. The molecule has 2 aromatic rings. The molecular formula is C9H9N3O2S. The summed E-state index contributed by atoms with van der Waals surface area (Å²) in [5, 5.41) is 3.86. The Hall–Kier alpha value is -1.82. The number of nitrogens with one attached hydrogen (secondary N) is 1. The fourth-order valence-electron chi connectivity index (χ4n) is 1.22. The van der Waals surface area contributed by atoms with Gasteiger partial charge in [0.05, 0.1) is 6.54 Å². The van der Waals surface area contributed by atoms with Gasteiger partial charge in [0.15, 0.2) is 0 Å². The van der Waals surface area contributed by atoms with Crippen molar-refractivity contribution in [1.82, 2.24) is 9.55 Å². The van der Waals surface area contributed by atoms with Gasteiger partial charge in [-0.05, 0) is 22.4 Å². The van der Waals surface area contributed by atoms with E-state index in [1.54, 1.807) is 11.3 Å². The minimum atomic E-state index is -0.540. The second kappa shape index (κ2) is 3.74. The van der Waals surface area contributed by atoms with Gasteiger partial charge in [0.2, 0.25) is 0 Å². The topological polar surface area (TPSA) is 80.9 Å². The van der Waals surface area contributed by atoms with E-state index >= 15 is 0 Å². The first-order chi connectivity index (χ1) is 7.16. The molecule has 0 unspecified atom stereocenters. The average Bonchev–Trinajstić information content (AvgIpc) is 2.67. The summed E-state index contributed by atoms with van der Waals surface area (Å²) in [6.07, 6.45) is 1.36.